The average molecular weight is 220 g/mol. The highest BCUT2D eigenvalue weighted by molar-refractivity contribution is 7.89. The van der Waals surface area contributed by atoms with Crippen LogP contribution in [0.25, 0.3) is 0 Å². The lowest BCUT2D eigenvalue weighted by Crippen LogP contribution is -2.35. The molecule has 4 nitrogen and oxygen atoms in total. The third-order valence-electron chi connectivity index (χ3n) is 2.46. The van der Waals surface area contributed by atoms with Crippen molar-refractivity contribution in [3.8, 4) is 0 Å². The molecule has 0 aromatic carbocycles. The van der Waals surface area contributed by atoms with Crippen LogP contribution < -0.4 is 5.32 Å². The fourth-order valence-corrected chi connectivity index (χ4v) is 2.67. The van der Waals surface area contributed by atoms with E-state index in [1.807, 2.05) is 0 Å². The summed E-state index contributed by atoms with van der Waals surface area (Å²) in [7, 11) is -1.32. The Morgan fingerprint density at radius 2 is 2.00 bits per heavy atom. The van der Waals surface area contributed by atoms with Crippen molar-refractivity contribution in [3.63, 3.8) is 0 Å². The molecule has 0 spiro atoms. The van der Waals surface area contributed by atoms with Crippen LogP contribution in [0.15, 0.2) is 0 Å². The minimum atomic E-state index is -3.01. The highest BCUT2D eigenvalue weighted by atomic mass is 32.2. The van der Waals surface area contributed by atoms with Gasteiger partial charge < -0.3 is 5.32 Å². The van der Waals surface area contributed by atoms with E-state index in [-0.39, 0.29) is 11.8 Å². The summed E-state index contributed by atoms with van der Waals surface area (Å²) in [4.78, 5) is 0. The summed E-state index contributed by atoms with van der Waals surface area (Å²) in [5, 5.41) is 3.10. The fourth-order valence-electron chi connectivity index (χ4n) is 1.31. The van der Waals surface area contributed by atoms with Crippen LogP contribution in [-0.2, 0) is 10.0 Å². The van der Waals surface area contributed by atoms with Crippen LogP contribution in [-0.4, -0.2) is 44.7 Å². The molecule has 0 heterocycles. The summed E-state index contributed by atoms with van der Waals surface area (Å²) in [6, 6.07) is 0.283. The monoisotopic (exact) mass is 220 g/mol. The molecule has 1 N–H and O–H groups in total. The molecule has 0 saturated heterocycles. The molecule has 0 aliphatic heterocycles. The first kappa shape index (κ1) is 11.9. The SMILES string of the molecule is CCCNCCS(=O)(=O)N(C)C1CC1. The van der Waals surface area contributed by atoms with E-state index < -0.39 is 10.0 Å². The van der Waals surface area contributed by atoms with Gasteiger partial charge in [-0.1, -0.05) is 6.92 Å². The second kappa shape index (κ2) is 5.09. The van der Waals surface area contributed by atoms with Crippen molar-refractivity contribution >= 4 is 10.0 Å². The Hall–Kier alpha value is -0.130. The molecular weight excluding hydrogens is 200 g/mol. The van der Waals surface area contributed by atoms with Crippen LogP contribution in [0.3, 0.4) is 0 Å². The maximum absolute atomic E-state index is 11.7. The van der Waals surface area contributed by atoms with Gasteiger partial charge in [-0.25, -0.2) is 12.7 Å². The third-order valence-corrected chi connectivity index (χ3v) is 4.36. The van der Waals surface area contributed by atoms with Crippen LogP contribution in [0.2, 0.25) is 0 Å². The molecule has 1 aliphatic rings. The zero-order chi connectivity index (χ0) is 10.6. The molecule has 1 saturated carbocycles. The van der Waals surface area contributed by atoms with Gasteiger partial charge in [0.1, 0.15) is 0 Å². The van der Waals surface area contributed by atoms with Crippen LogP contribution in [0, 0.1) is 0 Å². The van der Waals surface area contributed by atoms with Gasteiger partial charge in [0.25, 0.3) is 0 Å². The van der Waals surface area contributed by atoms with Crippen molar-refractivity contribution in [3.05, 3.63) is 0 Å². The van der Waals surface area contributed by atoms with E-state index in [4.69, 9.17) is 0 Å². The summed E-state index contributed by atoms with van der Waals surface area (Å²) >= 11 is 0. The molecule has 0 amide bonds. The number of nitrogens with zero attached hydrogens (tertiary/aromatic N) is 1. The molecule has 1 fully saturated rings. The molecule has 0 radical (unpaired) electrons. The summed E-state index contributed by atoms with van der Waals surface area (Å²) in [6.45, 7) is 3.52. The van der Waals surface area contributed by atoms with E-state index in [2.05, 4.69) is 12.2 Å². The number of hydrogen-bond acceptors (Lipinski definition) is 3. The van der Waals surface area contributed by atoms with Gasteiger partial charge in [0.15, 0.2) is 0 Å². The van der Waals surface area contributed by atoms with Gasteiger partial charge in [-0.3, -0.25) is 0 Å². The third kappa shape index (κ3) is 3.55. The standard InChI is InChI=1S/C9H20N2O2S/c1-3-6-10-7-8-14(12,13)11(2)9-4-5-9/h9-10H,3-8H2,1-2H3. The average Bonchev–Trinajstić information content (AvgIpc) is 2.94. The summed E-state index contributed by atoms with van der Waals surface area (Å²) < 4.78 is 24.9. The van der Waals surface area contributed by atoms with Crippen molar-refractivity contribution in [2.24, 2.45) is 0 Å². The second-order valence-corrected chi connectivity index (χ2v) is 5.96. The molecule has 0 aromatic heterocycles. The predicted molar refractivity (Wildman–Crippen MR) is 57.7 cm³/mol. The molecule has 1 rings (SSSR count). The Bertz CT molecular complexity index is 260. The lowest BCUT2D eigenvalue weighted by atomic mass is 10.5. The maximum Gasteiger partial charge on any atom is 0.215 e. The highest BCUT2D eigenvalue weighted by Gasteiger charge is 2.33. The van der Waals surface area contributed by atoms with E-state index in [1.54, 1.807) is 7.05 Å². The van der Waals surface area contributed by atoms with Crippen molar-refractivity contribution in [2.45, 2.75) is 32.2 Å². The van der Waals surface area contributed by atoms with Crippen molar-refractivity contribution in [2.75, 3.05) is 25.9 Å². The Balaban J connectivity index is 2.26. The second-order valence-electron chi connectivity index (χ2n) is 3.81. The lowest BCUT2D eigenvalue weighted by Gasteiger charge is -2.16. The molecule has 0 aromatic rings. The number of sulfonamides is 1. The van der Waals surface area contributed by atoms with Gasteiger partial charge in [0, 0.05) is 19.6 Å². The minimum absolute atomic E-state index is 0.222. The van der Waals surface area contributed by atoms with Crippen LogP contribution in [0.4, 0.5) is 0 Å². The normalized spacial score (nSPS) is 17.6. The fraction of sp³-hybridized carbons (Fsp3) is 1.00. The molecule has 14 heavy (non-hydrogen) atoms. The molecule has 84 valence electrons. The molecule has 0 atom stereocenters. The Morgan fingerprint density at radius 3 is 2.50 bits per heavy atom. The minimum Gasteiger partial charge on any atom is -0.316 e. The van der Waals surface area contributed by atoms with Gasteiger partial charge in [0.05, 0.1) is 5.75 Å². The summed E-state index contributed by atoms with van der Waals surface area (Å²) in [5.74, 6) is 0.222. The van der Waals surface area contributed by atoms with Gasteiger partial charge in [-0.2, -0.15) is 0 Å². The Morgan fingerprint density at radius 1 is 1.36 bits per heavy atom. The Kier molecular flexibility index (Phi) is 4.34. The molecule has 1 aliphatic carbocycles. The molecule has 0 bridgehead atoms. The lowest BCUT2D eigenvalue weighted by molar-refractivity contribution is 0.462. The molecule has 5 heteroatoms. The maximum atomic E-state index is 11.7. The highest BCUT2D eigenvalue weighted by Crippen LogP contribution is 2.27. The topological polar surface area (TPSA) is 49.4 Å². The van der Waals surface area contributed by atoms with E-state index >= 15 is 0 Å². The summed E-state index contributed by atoms with van der Waals surface area (Å²) in [5.41, 5.74) is 0. The summed E-state index contributed by atoms with van der Waals surface area (Å²) in [6.07, 6.45) is 3.09. The largest absolute Gasteiger partial charge is 0.316 e. The first-order chi connectivity index (χ1) is 6.58. The van der Waals surface area contributed by atoms with E-state index in [9.17, 15) is 8.42 Å². The van der Waals surface area contributed by atoms with Gasteiger partial charge in [-0.15, -0.1) is 0 Å². The van der Waals surface area contributed by atoms with Crippen LogP contribution >= 0.6 is 0 Å². The molecule has 0 unspecified atom stereocenters. The van der Waals surface area contributed by atoms with Crippen LogP contribution in [0.1, 0.15) is 26.2 Å². The van der Waals surface area contributed by atoms with E-state index in [0.29, 0.717) is 6.54 Å². The van der Waals surface area contributed by atoms with Gasteiger partial charge in [-0.05, 0) is 25.8 Å². The van der Waals surface area contributed by atoms with Gasteiger partial charge in [0.2, 0.25) is 10.0 Å². The number of hydrogen-bond donors (Lipinski definition) is 1. The zero-order valence-corrected chi connectivity index (χ0v) is 9.81. The molecular formula is C9H20N2O2S. The number of rotatable bonds is 7. The first-order valence-electron chi connectivity index (χ1n) is 5.24. The van der Waals surface area contributed by atoms with E-state index in [1.165, 1.54) is 4.31 Å². The smallest absolute Gasteiger partial charge is 0.215 e. The van der Waals surface area contributed by atoms with Crippen molar-refractivity contribution < 1.29 is 8.42 Å². The Labute approximate surface area is 86.7 Å². The predicted octanol–water partition coefficient (Wildman–Crippen LogP) is 0.410. The van der Waals surface area contributed by atoms with Gasteiger partial charge >= 0.3 is 0 Å². The van der Waals surface area contributed by atoms with E-state index in [0.717, 1.165) is 25.8 Å². The van der Waals surface area contributed by atoms with Crippen molar-refractivity contribution in [1.82, 2.24) is 9.62 Å². The van der Waals surface area contributed by atoms with Crippen molar-refractivity contribution in [1.29, 1.82) is 0 Å². The quantitative estimate of drug-likeness (QED) is 0.632. The zero-order valence-electron chi connectivity index (χ0n) is 8.99. The first-order valence-corrected chi connectivity index (χ1v) is 6.85. The number of nitrogens with one attached hydrogen (secondary N) is 1. The van der Waals surface area contributed by atoms with Crippen LogP contribution in [0.5, 0.6) is 0 Å².